The summed E-state index contributed by atoms with van der Waals surface area (Å²) in [4.78, 5) is 4.47. The Kier molecular flexibility index (Phi) is 3.34. The Bertz CT molecular complexity index is 531. The molecule has 1 heterocycles. The number of halogens is 3. The Labute approximate surface area is 109 Å². The van der Waals surface area contributed by atoms with E-state index in [-0.39, 0.29) is 5.38 Å². The van der Waals surface area contributed by atoms with Crippen molar-refractivity contribution in [2.24, 2.45) is 0 Å². The van der Waals surface area contributed by atoms with Crippen LogP contribution in [-0.4, -0.2) is 9.55 Å². The van der Waals surface area contributed by atoms with Crippen LogP contribution in [0.3, 0.4) is 0 Å². The number of hydrogen-bond donors (Lipinski definition) is 0. The van der Waals surface area contributed by atoms with Gasteiger partial charge < -0.3 is 4.57 Å². The van der Waals surface area contributed by atoms with E-state index >= 15 is 0 Å². The van der Waals surface area contributed by atoms with E-state index in [4.69, 9.17) is 34.8 Å². The van der Waals surface area contributed by atoms with E-state index in [0.29, 0.717) is 10.0 Å². The second-order valence-electron chi connectivity index (χ2n) is 3.59. The third-order valence-corrected chi connectivity index (χ3v) is 3.41. The molecule has 0 aliphatic heterocycles. The Morgan fingerprint density at radius 2 is 1.94 bits per heavy atom. The normalized spacial score (nSPS) is 13.3. The fourth-order valence-electron chi connectivity index (χ4n) is 1.77. The van der Waals surface area contributed by atoms with E-state index in [2.05, 4.69) is 9.55 Å². The fraction of sp³-hybridized carbons (Fsp3) is 0.364. The summed E-state index contributed by atoms with van der Waals surface area (Å²) in [6.45, 7) is 4.76. The number of benzene rings is 1. The van der Waals surface area contributed by atoms with Crippen LogP contribution in [0.4, 0.5) is 0 Å². The van der Waals surface area contributed by atoms with Crippen LogP contribution in [0, 0.1) is 0 Å². The average Bonchev–Trinajstić information content (AvgIpc) is 2.57. The van der Waals surface area contributed by atoms with E-state index in [1.54, 1.807) is 6.07 Å². The number of aromatic nitrogens is 2. The standard InChI is InChI=1S/C11H11Cl3N2/c1-3-16-10-5-8(14)7(13)4-9(10)15-11(16)6(2)12/h4-6H,3H2,1-2H3/t6-/m1/s1. The Morgan fingerprint density at radius 3 is 2.50 bits per heavy atom. The maximum atomic E-state index is 6.09. The second kappa shape index (κ2) is 4.44. The van der Waals surface area contributed by atoms with Crippen LogP contribution in [0.5, 0.6) is 0 Å². The molecule has 0 aliphatic carbocycles. The highest BCUT2D eigenvalue weighted by atomic mass is 35.5. The largest absolute Gasteiger partial charge is 0.327 e. The molecule has 0 fully saturated rings. The van der Waals surface area contributed by atoms with Crippen molar-refractivity contribution in [3.05, 3.63) is 28.0 Å². The number of hydrogen-bond acceptors (Lipinski definition) is 1. The third kappa shape index (κ3) is 1.90. The second-order valence-corrected chi connectivity index (χ2v) is 5.05. The SMILES string of the molecule is CCn1c([C@@H](C)Cl)nc2cc(Cl)c(Cl)cc21. The molecule has 2 rings (SSSR count). The van der Waals surface area contributed by atoms with Crippen molar-refractivity contribution in [3.63, 3.8) is 0 Å². The molecule has 0 saturated heterocycles. The summed E-state index contributed by atoms with van der Waals surface area (Å²) in [6.07, 6.45) is 0. The van der Waals surface area contributed by atoms with Crippen molar-refractivity contribution in [2.75, 3.05) is 0 Å². The van der Waals surface area contributed by atoms with Crippen molar-refractivity contribution in [1.82, 2.24) is 9.55 Å². The lowest BCUT2D eigenvalue weighted by Gasteiger charge is -2.07. The summed E-state index contributed by atoms with van der Waals surface area (Å²) >= 11 is 18.0. The average molecular weight is 278 g/mol. The van der Waals surface area contributed by atoms with Crippen molar-refractivity contribution in [1.29, 1.82) is 0 Å². The van der Waals surface area contributed by atoms with Crippen LogP contribution in [0.25, 0.3) is 11.0 Å². The first-order valence-electron chi connectivity index (χ1n) is 5.03. The highest BCUT2D eigenvalue weighted by molar-refractivity contribution is 6.42. The summed E-state index contributed by atoms with van der Waals surface area (Å²) in [7, 11) is 0. The van der Waals surface area contributed by atoms with Crippen LogP contribution < -0.4 is 0 Å². The number of fused-ring (bicyclic) bond motifs is 1. The van der Waals surface area contributed by atoms with Gasteiger partial charge in [0.25, 0.3) is 0 Å². The monoisotopic (exact) mass is 276 g/mol. The molecular formula is C11H11Cl3N2. The molecule has 0 unspecified atom stereocenters. The Morgan fingerprint density at radius 1 is 1.31 bits per heavy atom. The van der Waals surface area contributed by atoms with Crippen molar-refractivity contribution >= 4 is 45.8 Å². The zero-order valence-corrected chi connectivity index (χ0v) is 11.2. The number of aryl methyl sites for hydroxylation is 1. The molecule has 0 spiro atoms. The molecule has 2 aromatic rings. The summed E-state index contributed by atoms with van der Waals surface area (Å²) in [6, 6.07) is 3.60. The van der Waals surface area contributed by atoms with Gasteiger partial charge in [0.2, 0.25) is 0 Å². The van der Waals surface area contributed by atoms with E-state index in [0.717, 1.165) is 23.4 Å². The minimum absolute atomic E-state index is 0.134. The predicted molar refractivity (Wildman–Crippen MR) is 69.7 cm³/mol. The number of nitrogens with zero attached hydrogens (tertiary/aromatic N) is 2. The van der Waals surface area contributed by atoms with Gasteiger partial charge in [0, 0.05) is 6.54 Å². The highest BCUT2D eigenvalue weighted by Crippen LogP contribution is 2.30. The molecule has 5 heteroatoms. The topological polar surface area (TPSA) is 17.8 Å². The number of alkyl halides is 1. The quantitative estimate of drug-likeness (QED) is 0.730. The maximum absolute atomic E-state index is 6.09. The molecule has 0 bridgehead atoms. The first-order chi connectivity index (χ1) is 7.54. The molecule has 1 atom stereocenters. The first-order valence-corrected chi connectivity index (χ1v) is 6.23. The summed E-state index contributed by atoms with van der Waals surface area (Å²) < 4.78 is 2.05. The Balaban J connectivity index is 2.77. The molecule has 2 nitrogen and oxygen atoms in total. The fourth-order valence-corrected chi connectivity index (χ4v) is 2.26. The highest BCUT2D eigenvalue weighted by Gasteiger charge is 2.15. The van der Waals surface area contributed by atoms with Crippen LogP contribution in [-0.2, 0) is 6.54 Å². The number of imidazole rings is 1. The van der Waals surface area contributed by atoms with Gasteiger partial charge >= 0.3 is 0 Å². The molecule has 1 aromatic carbocycles. The lowest BCUT2D eigenvalue weighted by atomic mass is 10.3. The van der Waals surface area contributed by atoms with Gasteiger partial charge in [-0.25, -0.2) is 4.98 Å². The molecule has 16 heavy (non-hydrogen) atoms. The minimum Gasteiger partial charge on any atom is -0.327 e. The molecule has 0 aliphatic rings. The lowest BCUT2D eigenvalue weighted by molar-refractivity contribution is 0.717. The smallest absolute Gasteiger partial charge is 0.127 e. The van der Waals surface area contributed by atoms with Gasteiger partial charge in [-0.05, 0) is 26.0 Å². The minimum atomic E-state index is -0.134. The van der Waals surface area contributed by atoms with Gasteiger partial charge in [0.15, 0.2) is 0 Å². The molecule has 86 valence electrons. The maximum Gasteiger partial charge on any atom is 0.127 e. The van der Waals surface area contributed by atoms with Gasteiger partial charge in [0.05, 0.1) is 26.5 Å². The summed E-state index contributed by atoms with van der Waals surface area (Å²) in [5, 5.41) is 0.922. The van der Waals surface area contributed by atoms with Crippen LogP contribution >= 0.6 is 34.8 Å². The third-order valence-electron chi connectivity index (χ3n) is 2.49. The lowest BCUT2D eigenvalue weighted by Crippen LogP contribution is -2.01. The van der Waals surface area contributed by atoms with Crippen LogP contribution in [0.1, 0.15) is 25.0 Å². The van der Waals surface area contributed by atoms with Gasteiger partial charge in [-0.1, -0.05) is 23.2 Å². The van der Waals surface area contributed by atoms with E-state index in [1.165, 1.54) is 0 Å². The van der Waals surface area contributed by atoms with Gasteiger partial charge in [-0.15, -0.1) is 11.6 Å². The molecule has 0 saturated carbocycles. The Hall–Kier alpha value is -0.440. The van der Waals surface area contributed by atoms with Gasteiger partial charge in [0.1, 0.15) is 5.82 Å². The van der Waals surface area contributed by atoms with Crippen molar-refractivity contribution in [2.45, 2.75) is 25.8 Å². The molecule has 1 aromatic heterocycles. The van der Waals surface area contributed by atoms with Gasteiger partial charge in [-0.2, -0.15) is 0 Å². The summed E-state index contributed by atoms with van der Waals surface area (Å²) in [5.41, 5.74) is 1.80. The molecule has 0 radical (unpaired) electrons. The van der Waals surface area contributed by atoms with Crippen LogP contribution in [0.15, 0.2) is 12.1 Å². The van der Waals surface area contributed by atoms with E-state index in [9.17, 15) is 0 Å². The molecule has 0 N–H and O–H groups in total. The predicted octanol–water partition coefficient (Wildman–Crippen LogP) is 4.66. The van der Waals surface area contributed by atoms with Crippen molar-refractivity contribution in [3.8, 4) is 0 Å². The zero-order chi connectivity index (χ0) is 11.9. The number of rotatable bonds is 2. The summed E-state index contributed by atoms with van der Waals surface area (Å²) in [5.74, 6) is 0.845. The molecular weight excluding hydrogens is 266 g/mol. The van der Waals surface area contributed by atoms with Gasteiger partial charge in [-0.3, -0.25) is 0 Å². The van der Waals surface area contributed by atoms with Crippen LogP contribution in [0.2, 0.25) is 10.0 Å². The molecule has 0 amide bonds. The van der Waals surface area contributed by atoms with E-state index in [1.807, 2.05) is 19.9 Å². The zero-order valence-electron chi connectivity index (χ0n) is 8.97. The van der Waals surface area contributed by atoms with E-state index < -0.39 is 0 Å². The first kappa shape index (κ1) is 12.0. The van der Waals surface area contributed by atoms with Crippen molar-refractivity contribution < 1.29 is 0 Å².